The maximum Gasteiger partial charge on any atom is 0.344 e. The quantitative estimate of drug-likeness (QED) is 0.718. The summed E-state index contributed by atoms with van der Waals surface area (Å²) >= 11 is 0. The van der Waals surface area contributed by atoms with Gasteiger partial charge < -0.3 is 14.8 Å². The van der Waals surface area contributed by atoms with Crippen molar-refractivity contribution in [2.75, 3.05) is 18.5 Å². The van der Waals surface area contributed by atoms with E-state index in [0.29, 0.717) is 29.7 Å². The Hall–Kier alpha value is -2.83. The van der Waals surface area contributed by atoms with Crippen LogP contribution >= 0.6 is 0 Å². The number of benzene rings is 1. The van der Waals surface area contributed by atoms with Crippen molar-refractivity contribution in [2.24, 2.45) is 5.92 Å². The predicted octanol–water partition coefficient (Wildman–Crippen LogP) is 2.80. The van der Waals surface area contributed by atoms with Crippen LogP contribution in [-0.2, 0) is 16.0 Å². The van der Waals surface area contributed by atoms with Gasteiger partial charge in [0.05, 0.1) is 6.61 Å². The molecule has 2 N–H and O–H groups in total. The molecule has 0 aliphatic carbocycles. The van der Waals surface area contributed by atoms with Gasteiger partial charge in [0.1, 0.15) is 5.75 Å². The van der Waals surface area contributed by atoms with E-state index in [9.17, 15) is 9.59 Å². The van der Waals surface area contributed by atoms with Crippen molar-refractivity contribution in [3.63, 3.8) is 0 Å². The Morgan fingerprint density at radius 3 is 2.80 bits per heavy atom. The van der Waals surface area contributed by atoms with Crippen LogP contribution in [-0.4, -0.2) is 35.3 Å². The molecule has 2 aromatic rings. The number of carbonyl (C=O) groups excluding carboxylic acids is 2. The number of esters is 1. The number of nitrogens with one attached hydrogen (secondary N) is 2. The third-order valence-corrected chi connectivity index (χ3v) is 3.25. The van der Waals surface area contributed by atoms with Gasteiger partial charge in [-0.25, -0.2) is 4.79 Å². The fourth-order valence-electron chi connectivity index (χ4n) is 2.23. The lowest BCUT2D eigenvalue weighted by Gasteiger charge is -2.08. The lowest BCUT2D eigenvalue weighted by atomic mass is 10.1. The molecule has 0 fully saturated rings. The molecule has 25 heavy (non-hydrogen) atoms. The lowest BCUT2D eigenvalue weighted by molar-refractivity contribution is -0.145. The van der Waals surface area contributed by atoms with Gasteiger partial charge in [0.15, 0.2) is 12.3 Å². The molecule has 0 radical (unpaired) electrons. The summed E-state index contributed by atoms with van der Waals surface area (Å²) in [6, 6.07) is 8.54. The highest BCUT2D eigenvalue weighted by molar-refractivity contribution is 6.03. The zero-order chi connectivity index (χ0) is 18.2. The molecule has 1 aromatic heterocycles. The van der Waals surface area contributed by atoms with E-state index < -0.39 is 5.97 Å². The van der Waals surface area contributed by atoms with Crippen molar-refractivity contribution in [1.82, 2.24) is 10.2 Å². The third-order valence-electron chi connectivity index (χ3n) is 3.25. The molecular formula is C18H23N3O4. The van der Waals surface area contributed by atoms with E-state index in [1.807, 2.05) is 0 Å². The number of rotatable bonds is 8. The maximum absolute atomic E-state index is 12.3. The Kier molecular flexibility index (Phi) is 6.56. The molecule has 1 heterocycles. The van der Waals surface area contributed by atoms with Gasteiger partial charge in [-0.15, -0.1) is 0 Å². The van der Waals surface area contributed by atoms with Crippen molar-refractivity contribution in [3.05, 3.63) is 41.7 Å². The summed E-state index contributed by atoms with van der Waals surface area (Å²) in [5, 5.41) is 9.67. The molecule has 0 spiro atoms. The van der Waals surface area contributed by atoms with Crippen LogP contribution in [0.1, 0.15) is 37.0 Å². The highest BCUT2D eigenvalue weighted by Crippen LogP contribution is 2.18. The Morgan fingerprint density at radius 2 is 2.08 bits per heavy atom. The minimum atomic E-state index is -0.439. The molecule has 1 amide bonds. The number of ether oxygens (including phenoxy) is 2. The molecule has 2 rings (SSSR count). The van der Waals surface area contributed by atoms with Gasteiger partial charge in [-0.1, -0.05) is 19.9 Å². The number of hydrogen-bond acceptors (Lipinski definition) is 5. The van der Waals surface area contributed by atoms with Crippen LogP contribution in [0.2, 0.25) is 0 Å². The van der Waals surface area contributed by atoms with Gasteiger partial charge in [0.2, 0.25) is 0 Å². The average molecular weight is 345 g/mol. The highest BCUT2D eigenvalue weighted by Gasteiger charge is 2.12. The van der Waals surface area contributed by atoms with E-state index in [2.05, 4.69) is 29.4 Å². The third kappa shape index (κ3) is 5.95. The molecule has 0 aliphatic rings. The monoisotopic (exact) mass is 345 g/mol. The van der Waals surface area contributed by atoms with E-state index in [0.717, 1.165) is 12.1 Å². The van der Waals surface area contributed by atoms with Crippen LogP contribution in [0, 0.1) is 5.92 Å². The van der Waals surface area contributed by atoms with Crippen LogP contribution in [0.4, 0.5) is 5.69 Å². The van der Waals surface area contributed by atoms with Crippen LogP contribution in [0.15, 0.2) is 30.3 Å². The van der Waals surface area contributed by atoms with Crippen molar-refractivity contribution in [3.8, 4) is 5.75 Å². The Bertz CT molecular complexity index is 725. The fourth-order valence-corrected chi connectivity index (χ4v) is 2.23. The first-order valence-corrected chi connectivity index (χ1v) is 8.22. The Morgan fingerprint density at radius 1 is 1.28 bits per heavy atom. The van der Waals surface area contributed by atoms with Crippen molar-refractivity contribution < 1.29 is 19.1 Å². The van der Waals surface area contributed by atoms with E-state index in [1.54, 1.807) is 37.3 Å². The molecule has 0 saturated heterocycles. The number of anilines is 1. The first-order valence-electron chi connectivity index (χ1n) is 8.22. The number of H-pyrrole nitrogens is 1. The molecule has 0 unspecified atom stereocenters. The van der Waals surface area contributed by atoms with Crippen LogP contribution in [0.5, 0.6) is 5.75 Å². The second-order valence-electron chi connectivity index (χ2n) is 5.95. The number of amides is 1. The Labute approximate surface area is 146 Å². The van der Waals surface area contributed by atoms with Gasteiger partial charge in [-0.2, -0.15) is 5.10 Å². The smallest absolute Gasteiger partial charge is 0.344 e. The summed E-state index contributed by atoms with van der Waals surface area (Å²) in [5.74, 6) is 0.193. The van der Waals surface area contributed by atoms with Gasteiger partial charge in [0.25, 0.3) is 5.91 Å². The molecule has 0 atom stereocenters. The zero-order valence-electron chi connectivity index (χ0n) is 14.7. The first-order chi connectivity index (χ1) is 12.0. The molecule has 0 aliphatic heterocycles. The van der Waals surface area contributed by atoms with Gasteiger partial charge >= 0.3 is 5.97 Å². The van der Waals surface area contributed by atoms with E-state index >= 15 is 0 Å². The number of aromatic nitrogens is 2. The molecule has 7 heteroatoms. The summed E-state index contributed by atoms with van der Waals surface area (Å²) in [7, 11) is 0. The van der Waals surface area contributed by atoms with E-state index in [-0.39, 0.29) is 12.5 Å². The van der Waals surface area contributed by atoms with E-state index in [4.69, 9.17) is 9.47 Å². The van der Waals surface area contributed by atoms with Crippen molar-refractivity contribution >= 4 is 17.6 Å². The van der Waals surface area contributed by atoms with Crippen molar-refractivity contribution in [1.29, 1.82) is 0 Å². The summed E-state index contributed by atoms with van der Waals surface area (Å²) in [4.78, 5) is 23.6. The van der Waals surface area contributed by atoms with Crippen LogP contribution < -0.4 is 10.1 Å². The largest absolute Gasteiger partial charge is 0.482 e. The molecule has 7 nitrogen and oxygen atoms in total. The predicted molar refractivity (Wildman–Crippen MR) is 93.7 cm³/mol. The number of carbonyl (C=O) groups is 2. The average Bonchev–Trinajstić information content (AvgIpc) is 3.01. The fraction of sp³-hybridized carbons (Fsp3) is 0.389. The molecule has 0 bridgehead atoms. The van der Waals surface area contributed by atoms with Gasteiger partial charge in [0, 0.05) is 17.4 Å². The second kappa shape index (κ2) is 8.86. The van der Waals surface area contributed by atoms with Gasteiger partial charge in [-0.05, 0) is 37.5 Å². The summed E-state index contributed by atoms with van der Waals surface area (Å²) in [6.45, 7) is 6.06. The standard InChI is InChI=1S/C18H23N3O4/c1-4-24-17(22)11-25-15-7-5-6-13(9-15)19-18(23)16-10-14(20-21-16)8-12(2)3/h5-7,9-10,12H,4,8,11H2,1-3H3,(H,19,23)(H,20,21). The first kappa shape index (κ1) is 18.5. The number of hydrogen-bond donors (Lipinski definition) is 2. The van der Waals surface area contributed by atoms with Crippen LogP contribution in [0.25, 0.3) is 0 Å². The molecule has 0 saturated carbocycles. The molecular weight excluding hydrogens is 322 g/mol. The summed E-state index contributed by atoms with van der Waals surface area (Å²) < 4.78 is 10.1. The topological polar surface area (TPSA) is 93.3 Å². The SMILES string of the molecule is CCOC(=O)COc1cccc(NC(=O)c2cc(CC(C)C)[nH]n2)c1. The molecule has 1 aromatic carbocycles. The normalized spacial score (nSPS) is 10.6. The Balaban J connectivity index is 1.95. The number of aromatic amines is 1. The summed E-state index contributed by atoms with van der Waals surface area (Å²) in [6.07, 6.45) is 0.831. The minimum absolute atomic E-state index is 0.177. The van der Waals surface area contributed by atoms with E-state index in [1.165, 1.54) is 0 Å². The summed E-state index contributed by atoms with van der Waals surface area (Å²) in [5.41, 5.74) is 1.81. The highest BCUT2D eigenvalue weighted by atomic mass is 16.6. The zero-order valence-corrected chi connectivity index (χ0v) is 14.7. The maximum atomic E-state index is 12.3. The number of nitrogens with zero attached hydrogens (tertiary/aromatic N) is 1. The second-order valence-corrected chi connectivity index (χ2v) is 5.95. The van der Waals surface area contributed by atoms with Crippen LogP contribution in [0.3, 0.4) is 0 Å². The molecule has 134 valence electrons. The minimum Gasteiger partial charge on any atom is -0.482 e. The van der Waals surface area contributed by atoms with Gasteiger partial charge in [-0.3, -0.25) is 9.89 Å². The lowest BCUT2D eigenvalue weighted by Crippen LogP contribution is -2.15. The van der Waals surface area contributed by atoms with Crippen molar-refractivity contribution in [2.45, 2.75) is 27.2 Å².